The highest BCUT2D eigenvalue weighted by Gasteiger charge is 2.31. The molecule has 0 spiro atoms. The van der Waals surface area contributed by atoms with Gasteiger partial charge in [-0.05, 0) is 32.9 Å². The molecule has 0 radical (unpaired) electrons. The van der Waals surface area contributed by atoms with E-state index in [-0.39, 0.29) is 11.4 Å². The smallest absolute Gasteiger partial charge is 0.274 e. The fourth-order valence-corrected chi connectivity index (χ4v) is 2.14. The number of hydrogen-bond acceptors (Lipinski definition) is 3. The molecule has 1 N–H and O–H groups in total. The molecule has 5 heteroatoms. The molecule has 5 nitrogen and oxygen atoms in total. The van der Waals surface area contributed by atoms with Gasteiger partial charge in [-0.25, -0.2) is 0 Å². The van der Waals surface area contributed by atoms with Crippen LogP contribution in [0, 0.1) is 0 Å². The summed E-state index contributed by atoms with van der Waals surface area (Å²) in [5.74, 6) is 0.0451. The summed E-state index contributed by atoms with van der Waals surface area (Å²) >= 11 is 0. The number of piperidine rings is 1. The summed E-state index contributed by atoms with van der Waals surface area (Å²) in [7, 11) is 3.81. The third kappa shape index (κ3) is 2.49. The predicted octanol–water partition coefficient (Wildman–Crippen LogP) is 0.634. The average molecular weight is 236 g/mol. The molecule has 1 aromatic heterocycles. The Morgan fingerprint density at radius 2 is 2.12 bits per heavy atom. The fraction of sp³-hybridized carbons (Fsp3) is 0.667. The monoisotopic (exact) mass is 236 g/mol. The second-order valence-electron chi connectivity index (χ2n) is 4.98. The molecule has 1 fully saturated rings. The van der Waals surface area contributed by atoms with E-state index in [2.05, 4.69) is 17.3 Å². The second-order valence-corrected chi connectivity index (χ2v) is 4.98. The van der Waals surface area contributed by atoms with Crippen LogP contribution in [0.25, 0.3) is 0 Å². The number of nitrogens with one attached hydrogen (secondary N) is 1. The molecular weight excluding hydrogens is 216 g/mol. The Hall–Kier alpha value is -1.36. The summed E-state index contributed by atoms with van der Waals surface area (Å²) in [5.41, 5.74) is 0.710. The molecule has 0 unspecified atom stereocenters. The van der Waals surface area contributed by atoms with Crippen LogP contribution in [0.3, 0.4) is 0 Å². The van der Waals surface area contributed by atoms with E-state index in [4.69, 9.17) is 0 Å². The zero-order chi connectivity index (χ0) is 12.5. The first-order chi connectivity index (χ1) is 8.04. The van der Waals surface area contributed by atoms with Crippen molar-refractivity contribution in [2.45, 2.75) is 25.3 Å². The van der Waals surface area contributed by atoms with Crippen LogP contribution in [-0.4, -0.2) is 46.3 Å². The largest absolute Gasteiger partial charge is 0.337 e. The third-order valence-corrected chi connectivity index (χ3v) is 3.69. The zero-order valence-electron chi connectivity index (χ0n) is 10.7. The Morgan fingerprint density at radius 3 is 2.59 bits per heavy atom. The summed E-state index contributed by atoms with van der Waals surface area (Å²) in [5, 5.41) is 7.48. The zero-order valence-corrected chi connectivity index (χ0v) is 10.7. The third-order valence-electron chi connectivity index (χ3n) is 3.69. The maximum atomic E-state index is 12.1. The molecule has 94 valence electrons. The van der Waals surface area contributed by atoms with Crippen LogP contribution in [0.1, 0.15) is 30.3 Å². The lowest BCUT2D eigenvalue weighted by molar-refractivity contribution is 0.0655. The van der Waals surface area contributed by atoms with Crippen molar-refractivity contribution >= 4 is 5.91 Å². The van der Waals surface area contributed by atoms with Crippen molar-refractivity contribution < 1.29 is 4.79 Å². The molecule has 1 aliphatic rings. The summed E-state index contributed by atoms with van der Waals surface area (Å²) < 4.78 is 1.66. The molecule has 1 aromatic rings. The van der Waals surface area contributed by atoms with Gasteiger partial charge in [-0.3, -0.25) is 9.48 Å². The van der Waals surface area contributed by atoms with Gasteiger partial charge in [0.15, 0.2) is 0 Å². The van der Waals surface area contributed by atoms with E-state index in [1.165, 1.54) is 0 Å². The summed E-state index contributed by atoms with van der Waals surface area (Å²) in [6.07, 6.45) is 3.78. The molecule has 0 saturated carbocycles. The maximum absolute atomic E-state index is 12.1. The van der Waals surface area contributed by atoms with Crippen molar-refractivity contribution in [3.8, 4) is 0 Å². The van der Waals surface area contributed by atoms with Gasteiger partial charge in [-0.15, -0.1) is 0 Å². The summed E-state index contributed by atoms with van der Waals surface area (Å²) in [4.78, 5) is 14.0. The normalized spacial score (nSPS) is 19.4. The van der Waals surface area contributed by atoms with Gasteiger partial charge in [0.1, 0.15) is 5.69 Å². The highest BCUT2D eigenvalue weighted by atomic mass is 16.2. The lowest BCUT2D eigenvalue weighted by Crippen LogP contribution is -2.51. The van der Waals surface area contributed by atoms with Crippen molar-refractivity contribution in [2.24, 2.45) is 7.05 Å². The van der Waals surface area contributed by atoms with Crippen molar-refractivity contribution in [2.75, 3.05) is 20.1 Å². The number of aromatic nitrogens is 2. The van der Waals surface area contributed by atoms with E-state index >= 15 is 0 Å². The van der Waals surface area contributed by atoms with Gasteiger partial charge in [0.2, 0.25) is 0 Å². The van der Waals surface area contributed by atoms with Gasteiger partial charge in [0.25, 0.3) is 5.91 Å². The SMILES string of the molecule is CNC1(C)CCN(C(=O)c2ccn(C)n2)CC1. The van der Waals surface area contributed by atoms with Crippen LogP contribution >= 0.6 is 0 Å². The lowest BCUT2D eigenvalue weighted by atomic mass is 9.90. The van der Waals surface area contributed by atoms with Gasteiger partial charge >= 0.3 is 0 Å². The fourth-order valence-electron chi connectivity index (χ4n) is 2.14. The van der Waals surface area contributed by atoms with Gasteiger partial charge in [0.05, 0.1) is 0 Å². The molecule has 0 bridgehead atoms. The molecule has 2 rings (SSSR count). The van der Waals surface area contributed by atoms with Crippen molar-refractivity contribution in [3.05, 3.63) is 18.0 Å². The standard InChI is InChI=1S/C12H20N4O/c1-12(13-2)5-8-16(9-6-12)11(17)10-4-7-15(3)14-10/h4,7,13H,5-6,8-9H2,1-3H3. The average Bonchev–Trinajstić information content (AvgIpc) is 2.76. The van der Waals surface area contributed by atoms with Gasteiger partial charge in [0, 0.05) is 31.9 Å². The highest BCUT2D eigenvalue weighted by molar-refractivity contribution is 5.92. The van der Waals surface area contributed by atoms with Gasteiger partial charge < -0.3 is 10.2 Å². The minimum absolute atomic E-state index is 0.0451. The topological polar surface area (TPSA) is 50.2 Å². The Labute approximate surface area is 102 Å². The highest BCUT2D eigenvalue weighted by Crippen LogP contribution is 2.21. The van der Waals surface area contributed by atoms with E-state index in [1.807, 2.05) is 19.0 Å². The van der Waals surface area contributed by atoms with Crippen LogP contribution in [0.15, 0.2) is 12.3 Å². The number of aryl methyl sites for hydroxylation is 1. The van der Waals surface area contributed by atoms with Crippen LogP contribution in [0.5, 0.6) is 0 Å². The van der Waals surface area contributed by atoms with E-state index in [0.717, 1.165) is 25.9 Å². The summed E-state index contributed by atoms with van der Waals surface area (Å²) in [6.45, 7) is 3.80. The minimum atomic E-state index is 0.0451. The Kier molecular flexibility index (Phi) is 3.19. The van der Waals surface area contributed by atoms with Crippen molar-refractivity contribution in [1.82, 2.24) is 20.0 Å². The molecule has 1 saturated heterocycles. The van der Waals surface area contributed by atoms with E-state index in [9.17, 15) is 4.79 Å². The van der Waals surface area contributed by atoms with Crippen molar-refractivity contribution in [1.29, 1.82) is 0 Å². The number of amides is 1. The minimum Gasteiger partial charge on any atom is -0.337 e. The van der Waals surface area contributed by atoms with E-state index in [1.54, 1.807) is 16.9 Å². The second kappa shape index (κ2) is 4.49. The number of rotatable bonds is 2. The molecule has 0 atom stereocenters. The van der Waals surface area contributed by atoms with Crippen LogP contribution < -0.4 is 5.32 Å². The summed E-state index contributed by atoms with van der Waals surface area (Å²) in [6, 6.07) is 1.77. The van der Waals surface area contributed by atoms with Crippen LogP contribution in [0.4, 0.5) is 0 Å². The van der Waals surface area contributed by atoms with E-state index in [0.29, 0.717) is 5.69 Å². The first-order valence-corrected chi connectivity index (χ1v) is 6.02. The molecule has 17 heavy (non-hydrogen) atoms. The first kappa shape index (κ1) is 12.1. The maximum Gasteiger partial charge on any atom is 0.274 e. The van der Waals surface area contributed by atoms with Crippen LogP contribution in [0.2, 0.25) is 0 Å². The quantitative estimate of drug-likeness (QED) is 0.819. The van der Waals surface area contributed by atoms with E-state index < -0.39 is 0 Å². The predicted molar refractivity (Wildman–Crippen MR) is 65.8 cm³/mol. The number of hydrogen-bond donors (Lipinski definition) is 1. The van der Waals surface area contributed by atoms with Crippen LogP contribution in [-0.2, 0) is 7.05 Å². The van der Waals surface area contributed by atoms with Crippen molar-refractivity contribution in [3.63, 3.8) is 0 Å². The Balaban J connectivity index is 1.99. The first-order valence-electron chi connectivity index (χ1n) is 6.02. The van der Waals surface area contributed by atoms with Gasteiger partial charge in [-0.1, -0.05) is 0 Å². The lowest BCUT2D eigenvalue weighted by Gasteiger charge is -2.39. The molecule has 0 aromatic carbocycles. The number of carbonyl (C=O) groups is 1. The number of likely N-dealkylation sites (tertiary alicyclic amines) is 1. The molecule has 2 heterocycles. The Morgan fingerprint density at radius 1 is 1.47 bits per heavy atom. The Bertz CT molecular complexity index is 404. The number of nitrogens with zero attached hydrogens (tertiary/aromatic N) is 3. The molecule has 0 aliphatic carbocycles. The molecule has 1 amide bonds. The molecule has 1 aliphatic heterocycles. The molecular formula is C12H20N4O. The number of carbonyl (C=O) groups excluding carboxylic acids is 1. The van der Waals surface area contributed by atoms with Gasteiger partial charge in [-0.2, -0.15) is 5.10 Å².